The van der Waals surface area contributed by atoms with Crippen molar-refractivity contribution in [1.29, 1.82) is 21.0 Å². The Morgan fingerprint density at radius 3 is 1.08 bits per heavy atom. The molecule has 0 saturated heterocycles. The van der Waals surface area contributed by atoms with E-state index >= 15 is 0 Å². The highest BCUT2D eigenvalue weighted by Crippen LogP contribution is 2.32. The van der Waals surface area contributed by atoms with Crippen LogP contribution in [-0.2, 0) is 0 Å². The van der Waals surface area contributed by atoms with Crippen LogP contribution in [0.25, 0.3) is 0 Å². The molecule has 0 amide bonds. The van der Waals surface area contributed by atoms with Gasteiger partial charge in [0.1, 0.15) is 24.1 Å². The summed E-state index contributed by atoms with van der Waals surface area (Å²) in [6, 6.07) is 26.8. The SMILES string of the molecule is N#CC(C#N)C(Oc1ccc(C=O)cc1)c1ccc(C(Oc2ccc(C=O)cc2)C(C#N)C#N)cc1. The predicted molar refractivity (Wildman–Crippen MR) is 126 cm³/mol. The van der Waals surface area contributed by atoms with E-state index in [1.807, 2.05) is 24.3 Å². The number of carbonyl (C=O) groups excluding carboxylic acids is 2. The molecule has 36 heavy (non-hydrogen) atoms. The van der Waals surface area contributed by atoms with Gasteiger partial charge in [-0.1, -0.05) is 24.3 Å². The lowest BCUT2D eigenvalue weighted by molar-refractivity contribution is 0.111. The molecule has 3 aromatic rings. The third kappa shape index (κ3) is 5.91. The predicted octanol–water partition coefficient (Wildman–Crippen LogP) is 4.88. The smallest absolute Gasteiger partial charge is 0.174 e. The summed E-state index contributed by atoms with van der Waals surface area (Å²) in [6.45, 7) is 0. The molecule has 0 N–H and O–H groups in total. The molecule has 174 valence electrons. The van der Waals surface area contributed by atoms with E-state index in [4.69, 9.17) is 9.47 Å². The number of benzene rings is 3. The van der Waals surface area contributed by atoms with E-state index < -0.39 is 24.0 Å². The Balaban J connectivity index is 1.92. The first-order valence-electron chi connectivity index (χ1n) is 10.7. The zero-order valence-electron chi connectivity index (χ0n) is 18.8. The zero-order valence-corrected chi connectivity index (χ0v) is 18.8. The van der Waals surface area contributed by atoms with Crippen molar-refractivity contribution < 1.29 is 19.1 Å². The molecule has 0 spiro atoms. The average molecular weight is 474 g/mol. The Kier molecular flexibility index (Phi) is 8.50. The molecule has 0 radical (unpaired) electrons. The van der Waals surface area contributed by atoms with Crippen molar-refractivity contribution in [3.8, 4) is 35.8 Å². The minimum absolute atomic E-state index is 0.374. The minimum atomic E-state index is -1.13. The maximum atomic E-state index is 10.9. The van der Waals surface area contributed by atoms with Crippen LogP contribution < -0.4 is 9.47 Å². The molecule has 0 fully saturated rings. The number of nitriles is 4. The number of hydrogen-bond acceptors (Lipinski definition) is 8. The second kappa shape index (κ2) is 12.1. The van der Waals surface area contributed by atoms with Crippen LogP contribution >= 0.6 is 0 Å². The fraction of sp³-hybridized carbons (Fsp3) is 0.143. The van der Waals surface area contributed by atoms with Crippen molar-refractivity contribution in [2.75, 3.05) is 0 Å². The molecule has 0 aliphatic rings. The molecule has 8 heteroatoms. The largest absolute Gasteiger partial charge is 0.483 e. The minimum Gasteiger partial charge on any atom is -0.483 e. The lowest BCUT2D eigenvalue weighted by Crippen LogP contribution is -2.18. The third-order valence-corrected chi connectivity index (χ3v) is 5.31. The molecule has 0 heterocycles. The van der Waals surface area contributed by atoms with Gasteiger partial charge in [-0.2, -0.15) is 21.0 Å². The quantitative estimate of drug-likeness (QED) is 0.378. The van der Waals surface area contributed by atoms with Crippen molar-refractivity contribution in [1.82, 2.24) is 0 Å². The number of ether oxygens (including phenoxy) is 2. The summed E-state index contributed by atoms with van der Waals surface area (Å²) in [5.74, 6) is -1.51. The fourth-order valence-electron chi connectivity index (χ4n) is 3.40. The Morgan fingerprint density at radius 2 is 0.833 bits per heavy atom. The van der Waals surface area contributed by atoms with Gasteiger partial charge >= 0.3 is 0 Å². The summed E-state index contributed by atoms with van der Waals surface area (Å²) < 4.78 is 11.9. The zero-order chi connectivity index (χ0) is 25.9. The Labute approximate surface area is 207 Å². The second-order valence-corrected chi connectivity index (χ2v) is 7.59. The van der Waals surface area contributed by atoms with E-state index in [1.54, 1.807) is 72.8 Å². The summed E-state index contributed by atoms with van der Waals surface area (Å²) in [5, 5.41) is 37.9. The van der Waals surface area contributed by atoms with E-state index in [-0.39, 0.29) is 0 Å². The summed E-state index contributed by atoms with van der Waals surface area (Å²) in [5.41, 5.74) is 1.95. The first-order chi connectivity index (χ1) is 17.6. The van der Waals surface area contributed by atoms with Gasteiger partial charge in [0.25, 0.3) is 0 Å². The van der Waals surface area contributed by atoms with Gasteiger partial charge in [0.15, 0.2) is 24.0 Å². The number of rotatable bonds is 10. The second-order valence-electron chi connectivity index (χ2n) is 7.59. The average Bonchev–Trinajstić information content (AvgIpc) is 2.94. The fourth-order valence-corrected chi connectivity index (χ4v) is 3.40. The highest BCUT2D eigenvalue weighted by molar-refractivity contribution is 5.75. The monoisotopic (exact) mass is 474 g/mol. The molecule has 8 nitrogen and oxygen atoms in total. The maximum absolute atomic E-state index is 10.9. The standard InChI is InChI=1S/C28H18N4O4/c29-13-23(14-30)27(35-25-9-1-19(17-33)2-10-25)21-5-7-22(8-6-21)28(24(15-31)16-32)36-26-11-3-20(18-34)4-12-26/h1-12,17-18,23-24,27-28H. The van der Waals surface area contributed by atoms with E-state index in [2.05, 4.69) is 0 Å². The summed E-state index contributed by atoms with van der Waals surface area (Å²) in [4.78, 5) is 21.8. The van der Waals surface area contributed by atoms with Crippen LogP contribution in [0, 0.1) is 57.2 Å². The van der Waals surface area contributed by atoms with Crippen molar-refractivity contribution in [2.45, 2.75) is 12.2 Å². The third-order valence-electron chi connectivity index (χ3n) is 5.31. The summed E-state index contributed by atoms with van der Waals surface area (Å²) in [7, 11) is 0. The normalized spacial score (nSPS) is 11.7. The van der Waals surface area contributed by atoms with Crippen LogP contribution in [0.5, 0.6) is 11.5 Å². The molecule has 2 unspecified atom stereocenters. The highest BCUT2D eigenvalue weighted by atomic mass is 16.5. The molecule has 3 aromatic carbocycles. The van der Waals surface area contributed by atoms with E-state index in [1.165, 1.54) is 0 Å². The van der Waals surface area contributed by atoms with Gasteiger partial charge < -0.3 is 9.47 Å². The molecule has 0 aliphatic heterocycles. The molecule has 0 saturated carbocycles. The van der Waals surface area contributed by atoms with Crippen LogP contribution in [0.15, 0.2) is 72.8 Å². The summed E-state index contributed by atoms with van der Waals surface area (Å²) >= 11 is 0. The van der Waals surface area contributed by atoms with Gasteiger partial charge in [-0.15, -0.1) is 0 Å². The number of nitrogens with zero attached hydrogens (tertiary/aromatic N) is 4. The van der Waals surface area contributed by atoms with Gasteiger partial charge in [-0.05, 0) is 59.7 Å². The molecular formula is C28H18N4O4. The molecular weight excluding hydrogens is 456 g/mol. The van der Waals surface area contributed by atoms with Gasteiger partial charge in [0, 0.05) is 11.1 Å². The van der Waals surface area contributed by atoms with Crippen molar-refractivity contribution >= 4 is 12.6 Å². The van der Waals surface area contributed by atoms with E-state index in [9.17, 15) is 30.6 Å². The van der Waals surface area contributed by atoms with E-state index in [0.717, 1.165) is 0 Å². The molecule has 2 atom stereocenters. The first-order valence-corrected chi connectivity index (χ1v) is 10.7. The number of aldehydes is 2. The molecule has 3 rings (SSSR count). The Morgan fingerprint density at radius 1 is 0.528 bits per heavy atom. The van der Waals surface area contributed by atoms with Gasteiger partial charge in [-0.25, -0.2) is 0 Å². The lowest BCUT2D eigenvalue weighted by atomic mass is 9.93. The van der Waals surface area contributed by atoms with Crippen molar-refractivity contribution in [2.24, 2.45) is 11.8 Å². The van der Waals surface area contributed by atoms with Crippen LogP contribution in [0.1, 0.15) is 44.1 Å². The number of hydrogen-bond donors (Lipinski definition) is 0. The van der Waals surface area contributed by atoms with E-state index in [0.29, 0.717) is 46.3 Å². The van der Waals surface area contributed by atoms with Crippen LogP contribution in [0.2, 0.25) is 0 Å². The maximum Gasteiger partial charge on any atom is 0.174 e. The topological polar surface area (TPSA) is 148 Å². The van der Waals surface area contributed by atoms with Gasteiger partial charge in [-0.3, -0.25) is 9.59 Å². The molecule has 0 aliphatic carbocycles. The number of carbonyl (C=O) groups is 2. The van der Waals surface area contributed by atoms with Crippen LogP contribution in [0.4, 0.5) is 0 Å². The van der Waals surface area contributed by atoms with Crippen LogP contribution in [0.3, 0.4) is 0 Å². The van der Waals surface area contributed by atoms with Gasteiger partial charge in [0.2, 0.25) is 0 Å². The summed E-state index contributed by atoms with van der Waals surface area (Å²) in [6.07, 6.45) is -0.487. The van der Waals surface area contributed by atoms with Crippen molar-refractivity contribution in [3.05, 3.63) is 95.1 Å². The lowest BCUT2D eigenvalue weighted by Gasteiger charge is -2.23. The Hall–Kier alpha value is -5.44. The van der Waals surface area contributed by atoms with Crippen LogP contribution in [-0.4, -0.2) is 12.6 Å². The Bertz CT molecular complexity index is 1240. The first kappa shape index (κ1) is 25.2. The highest BCUT2D eigenvalue weighted by Gasteiger charge is 2.28. The molecule has 0 bridgehead atoms. The van der Waals surface area contributed by atoms with Crippen molar-refractivity contribution in [3.63, 3.8) is 0 Å². The molecule has 0 aromatic heterocycles. The van der Waals surface area contributed by atoms with Gasteiger partial charge in [0.05, 0.1) is 24.3 Å².